The third-order valence-corrected chi connectivity index (χ3v) is 2.66. The first-order valence-electron chi connectivity index (χ1n) is 5.15. The molecule has 0 spiro atoms. The van der Waals surface area contributed by atoms with Crippen LogP contribution in [0.2, 0.25) is 0 Å². The molecule has 0 aliphatic carbocycles. The van der Waals surface area contributed by atoms with Crippen molar-refractivity contribution in [1.29, 1.82) is 0 Å². The molecule has 2 aromatic rings. The van der Waals surface area contributed by atoms with Gasteiger partial charge in [0.15, 0.2) is 11.2 Å². The van der Waals surface area contributed by atoms with Gasteiger partial charge in [-0.25, -0.2) is 0 Å². The minimum atomic E-state index is -0.124. The van der Waals surface area contributed by atoms with E-state index in [-0.39, 0.29) is 24.2 Å². The lowest BCUT2D eigenvalue weighted by atomic mass is 10.1. The molecule has 0 amide bonds. The minimum Gasteiger partial charge on any atom is -0.361 e. The summed E-state index contributed by atoms with van der Waals surface area (Å²) in [6.07, 6.45) is 1.68. The fourth-order valence-electron chi connectivity index (χ4n) is 1.70. The number of hydrogen-bond acceptors (Lipinski definition) is 3. The van der Waals surface area contributed by atoms with Crippen LogP contribution in [0.4, 0.5) is 0 Å². The number of Topliss-reactive ketones (excluding diaryl/α,β-unsaturated/α-hetero) is 1. The SMILES string of the molecule is O=C(COP)Cc1c[nH]c2ccccc2c1=O. The highest BCUT2D eigenvalue weighted by molar-refractivity contribution is 7.09. The zero-order chi connectivity index (χ0) is 12.3. The highest BCUT2D eigenvalue weighted by Crippen LogP contribution is 2.07. The van der Waals surface area contributed by atoms with E-state index in [1.807, 2.05) is 21.6 Å². The van der Waals surface area contributed by atoms with E-state index in [9.17, 15) is 9.59 Å². The van der Waals surface area contributed by atoms with Gasteiger partial charge < -0.3 is 9.51 Å². The standard InChI is InChI=1S/C12H12NO3P/c14-9(7-16-17)5-8-6-13-11-4-2-1-3-10(11)12(8)15/h1-4,6H,5,7,17H2,(H,13,15). The van der Waals surface area contributed by atoms with Gasteiger partial charge in [0.1, 0.15) is 6.61 Å². The summed E-state index contributed by atoms with van der Waals surface area (Å²) in [4.78, 5) is 26.5. The smallest absolute Gasteiger partial charge is 0.192 e. The molecule has 0 saturated carbocycles. The predicted molar refractivity (Wildman–Crippen MR) is 68.9 cm³/mol. The van der Waals surface area contributed by atoms with Gasteiger partial charge in [-0.15, -0.1) is 0 Å². The first-order valence-corrected chi connectivity index (χ1v) is 5.62. The average Bonchev–Trinajstić information content (AvgIpc) is 2.33. The zero-order valence-corrected chi connectivity index (χ0v) is 10.3. The maximum Gasteiger partial charge on any atom is 0.192 e. The van der Waals surface area contributed by atoms with E-state index in [1.165, 1.54) is 0 Å². The van der Waals surface area contributed by atoms with Gasteiger partial charge in [0.05, 0.1) is 0 Å². The Morgan fingerprint density at radius 2 is 2.12 bits per heavy atom. The van der Waals surface area contributed by atoms with Crippen LogP contribution in [0.1, 0.15) is 5.56 Å². The van der Waals surface area contributed by atoms with E-state index in [2.05, 4.69) is 9.51 Å². The Morgan fingerprint density at radius 1 is 1.35 bits per heavy atom. The van der Waals surface area contributed by atoms with Crippen LogP contribution in [0.5, 0.6) is 0 Å². The summed E-state index contributed by atoms with van der Waals surface area (Å²) in [7, 11) is 2.02. The number of para-hydroxylation sites is 1. The molecule has 1 unspecified atom stereocenters. The number of H-pyrrole nitrogens is 1. The molecule has 0 bridgehead atoms. The normalized spacial score (nSPS) is 10.6. The summed E-state index contributed by atoms with van der Waals surface area (Å²) in [5.74, 6) is -0.124. The monoisotopic (exact) mass is 249 g/mol. The van der Waals surface area contributed by atoms with Crippen LogP contribution in [0, 0.1) is 0 Å². The van der Waals surface area contributed by atoms with Crippen molar-refractivity contribution in [2.45, 2.75) is 6.42 Å². The van der Waals surface area contributed by atoms with Gasteiger partial charge in [-0.3, -0.25) is 9.59 Å². The molecule has 1 aromatic heterocycles. The third kappa shape index (κ3) is 2.60. The Labute approximate surface area is 100 Å². The van der Waals surface area contributed by atoms with Crippen LogP contribution < -0.4 is 5.43 Å². The van der Waals surface area contributed by atoms with E-state index in [4.69, 9.17) is 0 Å². The third-order valence-electron chi connectivity index (χ3n) is 2.50. The van der Waals surface area contributed by atoms with Gasteiger partial charge >= 0.3 is 0 Å². The molecule has 1 atom stereocenters. The lowest BCUT2D eigenvalue weighted by Crippen LogP contribution is -2.16. The summed E-state index contributed by atoms with van der Waals surface area (Å²) in [5, 5.41) is 0.601. The number of pyridine rings is 1. The Kier molecular flexibility index (Phi) is 3.67. The van der Waals surface area contributed by atoms with E-state index < -0.39 is 0 Å². The molecule has 0 radical (unpaired) electrons. The molecular formula is C12H12NO3P. The molecule has 0 fully saturated rings. The van der Waals surface area contributed by atoms with Crippen molar-refractivity contribution in [2.24, 2.45) is 0 Å². The lowest BCUT2D eigenvalue weighted by Gasteiger charge is -2.02. The first-order chi connectivity index (χ1) is 8.22. The summed E-state index contributed by atoms with van der Waals surface area (Å²) in [6.45, 7) is -0.00304. The second kappa shape index (κ2) is 5.21. The summed E-state index contributed by atoms with van der Waals surface area (Å²) in [6, 6.07) is 7.22. The van der Waals surface area contributed by atoms with E-state index >= 15 is 0 Å². The molecule has 0 aliphatic rings. The fourth-order valence-corrected chi connectivity index (χ4v) is 1.88. The van der Waals surface area contributed by atoms with E-state index in [0.29, 0.717) is 10.9 Å². The van der Waals surface area contributed by atoms with E-state index in [0.717, 1.165) is 5.52 Å². The molecule has 4 nitrogen and oxygen atoms in total. The Balaban J connectivity index is 2.39. The zero-order valence-electron chi connectivity index (χ0n) is 9.10. The lowest BCUT2D eigenvalue weighted by molar-refractivity contribution is -0.120. The second-order valence-electron chi connectivity index (χ2n) is 3.72. The van der Waals surface area contributed by atoms with Gasteiger partial charge in [-0.2, -0.15) is 0 Å². The quantitative estimate of drug-likeness (QED) is 0.834. The number of fused-ring (bicyclic) bond motifs is 1. The molecule has 17 heavy (non-hydrogen) atoms. The number of hydrogen-bond donors (Lipinski definition) is 1. The maximum absolute atomic E-state index is 12.0. The van der Waals surface area contributed by atoms with Crippen LogP contribution in [0.3, 0.4) is 0 Å². The first kappa shape index (κ1) is 12.0. The van der Waals surface area contributed by atoms with Crippen LogP contribution in [-0.2, 0) is 15.7 Å². The van der Waals surface area contributed by atoms with Crippen LogP contribution in [0.15, 0.2) is 35.3 Å². The average molecular weight is 249 g/mol. The molecule has 2 rings (SSSR count). The number of nitrogens with one attached hydrogen (secondary N) is 1. The second-order valence-corrected chi connectivity index (χ2v) is 4.05. The topological polar surface area (TPSA) is 59.2 Å². The highest BCUT2D eigenvalue weighted by Gasteiger charge is 2.09. The molecule has 1 heterocycles. The number of benzene rings is 1. The van der Waals surface area contributed by atoms with Crippen molar-refractivity contribution in [3.05, 3.63) is 46.2 Å². The van der Waals surface area contributed by atoms with E-state index in [1.54, 1.807) is 18.3 Å². The molecule has 88 valence electrons. The van der Waals surface area contributed by atoms with Crippen molar-refractivity contribution in [3.8, 4) is 0 Å². The van der Waals surface area contributed by atoms with Gasteiger partial charge in [0.2, 0.25) is 0 Å². The highest BCUT2D eigenvalue weighted by atomic mass is 31.0. The summed E-state index contributed by atoms with van der Waals surface area (Å²) < 4.78 is 4.66. The van der Waals surface area contributed by atoms with Crippen molar-refractivity contribution in [1.82, 2.24) is 4.98 Å². The largest absolute Gasteiger partial charge is 0.361 e. The number of aromatic amines is 1. The molecule has 5 heteroatoms. The number of carbonyl (C=O) groups is 1. The van der Waals surface area contributed by atoms with Crippen LogP contribution >= 0.6 is 9.47 Å². The minimum absolute atomic E-state index is 0.00304. The van der Waals surface area contributed by atoms with Crippen molar-refractivity contribution >= 4 is 26.2 Å². The van der Waals surface area contributed by atoms with Gasteiger partial charge in [-0.1, -0.05) is 12.1 Å². The summed E-state index contributed by atoms with van der Waals surface area (Å²) >= 11 is 0. The number of rotatable bonds is 4. The number of aromatic nitrogens is 1. The number of carbonyl (C=O) groups excluding carboxylic acids is 1. The van der Waals surface area contributed by atoms with Crippen LogP contribution in [-0.4, -0.2) is 17.4 Å². The molecule has 1 N–H and O–H groups in total. The van der Waals surface area contributed by atoms with Crippen molar-refractivity contribution < 1.29 is 9.32 Å². The van der Waals surface area contributed by atoms with Crippen molar-refractivity contribution in [2.75, 3.05) is 6.61 Å². The van der Waals surface area contributed by atoms with Crippen LogP contribution in [0.25, 0.3) is 10.9 Å². The predicted octanol–water partition coefficient (Wildman–Crippen LogP) is 1.45. The van der Waals surface area contributed by atoms with Gasteiger partial charge in [0, 0.05) is 38.6 Å². The van der Waals surface area contributed by atoms with Crippen molar-refractivity contribution in [3.63, 3.8) is 0 Å². The maximum atomic E-state index is 12.0. The van der Waals surface area contributed by atoms with Gasteiger partial charge in [0.25, 0.3) is 0 Å². The Morgan fingerprint density at radius 3 is 2.88 bits per heavy atom. The molecule has 1 aromatic carbocycles. The molecule has 0 saturated heterocycles. The molecule has 0 aliphatic heterocycles. The fraction of sp³-hybridized carbons (Fsp3) is 0.167. The summed E-state index contributed by atoms with van der Waals surface area (Å²) in [5.41, 5.74) is 1.14. The Bertz CT molecular complexity index is 606. The van der Waals surface area contributed by atoms with Gasteiger partial charge in [-0.05, 0) is 12.1 Å². The Hall–Kier alpha value is -1.51. The number of ketones is 1. The molecular weight excluding hydrogens is 237 g/mol.